The summed E-state index contributed by atoms with van der Waals surface area (Å²) in [5.74, 6) is 0.352. The zero-order chi connectivity index (χ0) is 29.5. The van der Waals surface area contributed by atoms with Gasteiger partial charge in [-0.15, -0.1) is 0 Å². The van der Waals surface area contributed by atoms with Crippen LogP contribution in [0.1, 0.15) is 89.1 Å². The third-order valence-corrected chi connectivity index (χ3v) is 8.74. The quantitative estimate of drug-likeness (QED) is 0.500. The molecule has 0 bridgehead atoms. The summed E-state index contributed by atoms with van der Waals surface area (Å²) in [7, 11) is 0. The van der Waals surface area contributed by atoms with Crippen LogP contribution in [0.4, 0.5) is 4.79 Å². The van der Waals surface area contributed by atoms with Gasteiger partial charge < -0.3 is 19.3 Å². The first-order valence-corrected chi connectivity index (χ1v) is 15.1. The number of carbonyl (C=O) groups excluding carboxylic acids is 4. The van der Waals surface area contributed by atoms with Crippen LogP contribution in [0.2, 0.25) is 0 Å². The van der Waals surface area contributed by atoms with Crippen molar-refractivity contribution >= 4 is 23.8 Å². The van der Waals surface area contributed by atoms with Crippen LogP contribution in [0, 0.1) is 5.92 Å². The fourth-order valence-corrected chi connectivity index (χ4v) is 6.41. The highest BCUT2D eigenvalue weighted by atomic mass is 16.6. The molecule has 0 radical (unpaired) electrons. The Hall–Kier alpha value is -3.14. The Morgan fingerprint density at radius 1 is 1.10 bits per heavy atom. The van der Waals surface area contributed by atoms with Crippen molar-refractivity contribution in [3.05, 3.63) is 29.3 Å². The van der Waals surface area contributed by atoms with Gasteiger partial charge in [-0.1, -0.05) is 6.07 Å². The van der Waals surface area contributed by atoms with Crippen molar-refractivity contribution in [2.24, 2.45) is 5.92 Å². The van der Waals surface area contributed by atoms with Gasteiger partial charge in [-0.05, 0) is 77.5 Å². The number of hydrogen-bond acceptors (Lipinski definition) is 7. The highest BCUT2D eigenvalue weighted by Crippen LogP contribution is 2.35. The van der Waals surface area contributed by atoms with Gasteiger partial charge in [0, 0.05) is 63.1 Å². The first-order chi connectivity index (χ1) is 19.4. The summed E-state index contributed by atoms with van der Waals surface area (Å²) in [6.07, 6.45) is 4.30. The molecule has 0 spiro atoms. The molecule has 1 aromatic rings. The molecule has 3 heterocycles. The van der Waals surface area contributed by atoms with Crippen LogP contribution < -0.4 is 10.1 Å². The summed E-state index contributed by atoms with van der Waals surface area (Å²) in [6.45, 7) is 13.0. The predicted octanol–water partition coefficient (Wildman–Crippen LogP) is 3.71. The summed E-state index contributed by atoms with van der Waals surface area (Å²) >= 11 is 0. The highest BCUT2D eigenvalue weighted by Gasteiger charge is 2.41. The Morgan fingerprint density at radius 3 is 2.44 bits per heavy atom. The topological polar surface area (TPSA) is 108 Å². The predicted molar refractivity (Wildman–Crippen MR) is 152 cm³/mol. The Bertz CT molecular complexity index is 1180. The Labute approximate surface area is 242 Å². The number of hydrogen-bond donors (Lipinski definition) is 1. The fourth-order valence-electron chi connectivity index (χ4n) is 6.41. The first-order valence-electron chi connectivity index (χ1n) is 15.1. The minimum absolute atomic E-state index is 0.0936. The number of piperidine rings is 2. The van der Waals surface area contributed by atoms with Crippen LogP contribution >= 0.6 is 0 Å². The van der Waals surface area contributed by atoms with Crippen LogP contribution in [0.5, 0.6) is 5.75 Å². The van der Waals surface area contributed by atoms with Crippen molar-refractivity contribution in [2.75, 3.05) is 19.6 Å². The number of nitrogens with zero attached hydrogens (tertiary/aromatic N) is 3. The molecule has 3 fully saturated rings. The third kappa shape index (κ3) is 6.68. The SMILES string of the molecule is CC(C)N(CC1CCN(C(=O)OC(C)(C)C)CC1)C1CC(Oc2ccc3c(c2)C(=O)N(C2CCC(=O)NC2=O)C3)C1. The van der Waals surface area contributed by atoms with Gasteiger partial charge in [-0.3, -0.25) is 24.6 Å². The molecular formula is C31H44N4O6. The van der Waals surface area contributed by atoms with E-state index in [4.69, 9.17) is 9.47 Å². The van der Waals surface area contributed by atoms with Gasteiger partial charge in [0.2, 0.25) is 11.8 Å². The van der Waals surface area contributed by atoms with Crippen molar-refractivity contribution in [3.8, 4) is 5.75 Å². The average molecular weight is 569 g/mol. The molecule has 4 amide bonds. The molecule has 41 heavy (non-hydrogen) atoms. The largest absolute Gasteiger partial charge is 0.490 e. The van der Waals surface area contributed by atoms with E-state index in [-0.39, 0.29) is 30.4 Å². The lowest BCUT2D eigenvalue weighted by atomic mass is 9.85. The molecular weight excluding hydrogens is 524 g/mol. The number of carbonyl (C=O) groups is 4. The lowest BCUT2D eigenvalue weighted by Gasteiger charge is -2.46. The van der Waals surface area contributed by atoms with E-state index in [0.717, 1.165) is 50.9 Å². The summed E-state index contributed by atoms with van der Waals surface area (Å²) in [5, 5.41) is 2.35. The van der Waals surface area contributed by atoms with Gasteiger partial charge in [0.05, 0.1) is 0 Å². The summed E-state index contributed by atoms with van der Waals surface area (Å²) in [5.41, 5.74) is 0.975. The molecule has 0 aromatic heterocycles. The van der Waals surface area contributed by atoms with E-state index in [0.29, 0.717) is 42.3 Å². The van der Waals surface area contributed by atoms with E-state index in [9.17, 15) is 19.2 Å². The Morgan fingerprint density at radius 2 is 1.80 bits per heavy atom. The van der Waals surface area contributed by atoms with Crippen molar-refractivity contribution in [1.29, 1.82) is 0 Å². The van der Waals surface area contributed by atoms with Crippen LogP contribution in [0.25, 0.3) is 0 Å². The lowest BCUT2D eigenvalue weighted by molar-refractivity contribution is -0.136. The van der Waals surface area contributed by atoms with Crippen LogP contribution in [-0.4, -0.2) is 88.0 Å². The maximum atomic E-state index is 13.1. The maximum absolute atomic E-state index is 13.1. The monoisotopic (exact) mass is 568 g/mol. The van der Waals surface area contributed by atoms with E-state index in [1.165, 1.54) is 0 Å². The van der Waals surface area contributed by atoms with Gasteiger partial charge in [0.15, 0.2) is 0 Å². The standard InChI is InChI=1S/C31H44N4O6/c1-19(2)34(17-20-10-12-33(13-11-20)30(39)41-31(3,4)5)22-14-24(15-22)40-23-7-6-21-18-35(29(38)25(21)16-23)26-8-9-27(36)32-28(26)37/h6-7,16,19-20,22,24,26H,8-15,17-18H2,1-5H3,(H,32,36,37). The molecule has 1 N–H and O–H groups in total. The highest BCUT2D eigenvalue weighted by molar-refractivity contribution is 6.05. The second-order valence-corrected chi connectivity index (χ2v) is 13.3. The second kappa shape index (κ2) is 11.6. The Balaban J connectivity index is 1.10. The first kappa shape index (κ1) is 29.4. The van der Waals surface area contributed by atoms with Crippen molar-refractivity contribution in [1.82, 2.24) is 20.0 Å². The van der Waals surface area contributed by atoms with Gasteiger partial charge in [-0.25, -0.2) is 4.79 Å². The number of imide groups is 1. The zero-order valence-electron chi connectivity index (χ0n) is 25.0. The van der Waals surface area contributed by atoms with Crippen molar-refractivity contribution in [2.45, 2.75) is 110 Å². The molecule has 10 heteroatoms. The molecule has 10 nitrogen and oxygen atoms in total. The van der Waals surface area contributed by atoms with Gasteiger partial charge in [-0.2, -0.15) is 0 Å². The summed E-state index contributed by atoms with van der Waals surface area (Å²) in [4.78, 5) is 55.4. The lowest BCUT2D eigenvalue weighted by Crippen LogP contribution is -2.54. The molecule has 4 aliphatic rings. The fraction of sp³-hybridized carbons (Fsp3) is 0.677. The van der Waals surface area contributed by atoms with Crippen LogP contribution in [-0.2, 0) is 20.9 Å². The molecule has 3 aliphatic heterocycles. The van der Waals surface area contributed by atoms with Crippen molar-refractivity contribution < 1.29 is 28.7 Å². The van der Waals surface area contributed by atoms with E-state index in [1.54, 1.807) is 11.0 Å². The summed E-state index contributed by atoms with van der Waals surface area (Å²) < 4.78 is 11.8. The second-order valence-electron chi connectivity index (χ2n) is 13.3. The molecule has 1 aromatic carbocycles. The van der Waals surface area contributed by atoms with Crippen LogP contribution in [0.3, 0.4) is 0 Å². The molecule has 1 atom stereocenters. The number of rotatable bonds is 7. The minimum Gasteiger partial charge on any atom is -0.490 e. The summed E-state index contributed by atoms with van der Waals surface area (Å²) in [6, 6.07) is 5.87. The molecule has 1 saturated carbocycles. The number of ether oxygens (including phenoxy) is 2. The molecule has 2 saturated heterocycles. The zero-order valence-corrected chi connectivity index (χ0v) is 25.0. The minimum atomic E-state index is -0.615. The Kier molecular flexibility index (Phi) is 8.32. The van der Waals surface area contributed by atoms with Gasteiger partial charge in [0.25, 0.3) is 5.91 Å². The smallest absolute Gasteiger partial charge is 0.410 e. The molecule has 1 unspecified atom stereocenters. The van der Waals surface area contributed by atoms with E-state index in [2.05, 4.69) is 24.1 Å². The normalized spacial score (nSPS) is 25.3. The average Bonchev–Trinajstić information content (AvgIpc) is 3.19. The van der Waals surface area contributed by atoms with Crippen LogP contribution in [0.15, 0.2) is 18.2 Å². The number of amides is 4. The van der Waals surface area contributed by atoms with Gasteiger partial charge in [0.1, 0.15) is 23.5 Å². The number of nitrogens with one attached hydrogen (secondary N) is 1. The van der Waals surface area contributed by atoms with E-state index >= 15 is 0 Å². The van der Waals surface area contributed by atoms with Gasteiger partial charge >= 0.3 is 6.09 Å². The maximum Gasteiger partial charge on any atom is 0.410 e. The number of likely N-dealkylation sites (tertiary alicyclic amines) is 1. The molecule has 224 valence electrons. The third-order valence-electron chi connectivity index (χ3n) is 8.74. The van der Waals surface area contributed by atoms with Crippen molar-refractivity contribution in [3.63, 3.8) is 0 Å². The van der Waals surface area contributed by atoms with E-state index < -0.39 is 17.6 Å². The number of benzene rings is 1. The number of fused-ring (bicyclic) bond motifs is 1. The molecule has 1 aliphatic carbocycles. The van der Waals surface area contributed by atoms with E-state index in [1.807, 2.05) is 37.8 Å². The molecule has 5 rings (SSSR count).